The molecule has 0 aliphatic carbocycles. The highest BCUT2D eigenvalue weighted by Crippen LogP contribution is 2.30. The molecule has 0 saturated carbocycles. The number of aromatic nitrogens is 3. The third kappa shape index (κ3) is 2.08. The highest BCUT2D eigenvalue weighted by molar-refractivity contribution is 6.37. The maximum atomic E-state index is 6.05. The highest BCUT2D eigenvalue weighted by Gasteiger charge is 2.11. The Morgan fingerprint density at radius 2 is 2.00 bits per heavy atom. The van der Waals surface area contributed by atoms with Gasteiger partial charge in [0.05, 0.1) is 16.2 Å². The SMILES string of the molecule is CNc1nc(-c2cnccn2)c(Cl)cc1Cl. The minimum Gasteiger partial charge on any atom is -0.372 e. The Balaban J connectivity index is 2.57. The summed E-state index contributed by atoms with van der Waals surface area (Å²) in [5, 5.41) is 3.80. The van der Waals surface area contributed by atoms with E-state index in [0.717, 1.165) is 0 Å². The van der Waals surface area contributed by atoms with Gasteiger partial charge in [-0.1, -0.05) is 23.2 Å². The lowest BCUT2D eigenvalue weighted by atomic mass is 10.3. The standard InChI is InChI=1S/C10H8Cl2N4/c1-13-10-7(12)4-6(11)9(16-10)8-5-14-2-3-15-8/h2-5H,1H3,(H,13,16). The van der Waals surface area contributed by atoms with E-state index in [-0.39, 0.29) is 0 Å². The van der Waals surface area contributed by atoms with E-state index in [1.165, 1.54) is 0 Å². The van der Waals surface area contributed by atoms with E-state index in [0.29, 0.717) is 27.3 Å². The van der Waals surface area contributed by atoms with Crippen LogP contribution in [0, 0.1) is 0 Å². The summed E-state index contributed by atoms with van der Waals surface area (Å²) in [6.45, 7) is 0. The summed E-state index contributed by atoms with van der Waals surface area (Å²) in [4.78, 5) is 12.4. The molecule has 0 spiro atoms. The van der Waals surface area contributed by atoms with E-state index in [1.54, 1.807) is 31.7 Å². The molecule has 0 aliphatic heterocycles. The molecule has 0 fully saturated rings. The van der Waals surface area contributed by atoms with Crippen molar-refractivity contribution in [1.29, 1.82) is 0 Å². The van der Waals surface area contributed by atoms with Gasteiger partial charge in [0.2, 0.25) is 0 Å². The molecule has 6 heteroatoms. The van der Waals surface area contributed by atoms with Crippen molar-refractivity contribution in [1.82, 2.24) is 15.0 Å². The van der Waals surface area contributed by atoms with Crippen LogP contribution >= 0.6 is 23.2 Å². The average molecular weight is 255 g/mol. The van der Waals surface area contributed by atoms with Gasteiger partial charge in [0.25, 0.3) is 0 Å². The molecule has 0 radical (unpaired) electrons. The molecule has 0 aliphatic rings. The molecule has 2 aromatic rings. The lowest BCUT2D eigenvalue weighted by Gasteiger charge is -2.07. The van der Waals surface area contributed by atoms with Crippen LogP contribution in [0.5, 0.6) is 0 Å². The zero-order valence-corrected chi connectivity index (χ0v) is 9.92. The van der Waals surface area contributed by atoms with Gasteiger partial charge in [0.1, 0.15) is 17.2 Å². The predicted octanol–water partition coefficient (Wildman–Crippen LogP) is 2.89. The Kier molecular flexibility index (Phi) is 3.22. The van der Waals surface area contributed by atoms with Crippen LogP contribution in [0.4, 0.5) is 5.82 Å². The Labute approximate surface area is 103 Å². The van der Waals surface area contributed by atoms with Crippen LogP contribution in [0.15, 0.2) is 24.7 Å². The summed E-state index contributed by atoms with van der Waals surface area (Å²) in [7, 11) is 1.74. The van der Waals surface area contributed by atoms with Crippen LogP contribution in [-0.2, 0) is 0 Å². The molecule has 0 amide bonds. The van der Waals surface area contributed by atoms with E-state index in [2.05, 4.69) is 20.3 Å². The van der Waals surface area contributed by atoms with Crippen LogP contribution < -0.4 is 5.32 Å². The fraction of sp³-hybridized carbons (Fsp3) is 0.100. The average Bonchev–Trinajstić information content (AvgIpc) is 2.30. The molecule has 0 unspecified atom stereocenters. The highest BCUT2D eigenvalue weighted by atomic mass is 35.5. The van der Waals surface area contributed by atoms with Gasteiger partial charge >= 0.3 is 0 Å². The molecule has 2 rings (SSSR count). The normalized spacial score (nSPS) is 10.2. The number of hydrogen-bond acceptors (Lipinski definition) is 4. The molecular formula is C10H8Cl2N4. The summed E-state index contributed by atoms with van der Waals surface area (Å²) in [6, 6.07) is 1.63. The molecule has 4 nitrogen and oxygen atoms in total. The molecule has 16 heavy (non-hydrogen) atoms. The van der Waals surface area contributed by atoms with Crippen LogP contribution in [0.2, 0.25) is 10.0 Å². The number of hydrogen-bond donors (Lipinski definition) is 1. The van der Waals surface area contributed by atoms with Crippen LogP contribution in [0.1, 0.15) is 0 Å². The first-order valence-electron chi connectivity index (χ1n) is 4.52. The predicted molar refractivity (Wildman–Crippen MR) is 64.8 cm³/mol. The Hall–Kier alpha value is -1.39. The fourth-order valence-electron chi connectivity index (χ4n) is 1.24. The van der Waals surface area contributed by atoms with Gasteiger partial charge in [-0.2, -0.15) is 0 Å². The first-order valence-corrected chi connectivity index (χ1v) is 5.28. The van der Waals surface area contributed by atoms with Gasteiger partial charge in [0.15, 0.2) is 0 Å². The second-order valence-corrected chi connectivity index (χ2v) is 3.80. The second-order valence-electron chi connectivity index (χ2n) is 2.99. The van der Waals surface area contributed by atoms with Crippen molar-refractivity contribution in [3.05, 3.63) is 34.7 Å². The number of nitrogens with one attached hydrogen (secondary N) is 1. The largest absolute Gasteiger partial charge is 0.372 e. The topological polar surface area (TPSA) is 50.7 Å². The molecule has 1 N–H and O–H groups in total. The van der Waals surface area contributed by atoms with E-state index < -0.39 is 0 Å². The summed E-state index contributed by atoms with van der Waals surface area (Å²) >= 11 is 12.0. The van der Waals surface area contributed by atoms with Crippen molar-refractivity contribution in [3.63, 3.8) is 0 Å². The van der Waals surface area contributed by atoms with E-state index >= 15 is 0 Å². The molecule has 2 aromatic heterocycles. The first-order chi connectivity index (χ1) is 7.72. The fourth-order valence-corrected chi connectivity index (χ4v) is 1.79. The van der Waals surface area contributed by atoms with Gasteiger partial charge in [0, 0.05) is 19.4 Å². The van der Waals surface area contributed by atoms with Crippen molar-refractivity contribution in [3.8, 4) is 11.4 Å². The van der Waals surface area contributed by atoms with Crippen molar-refractivity contribution >= 4 is 29.0 Å². The number of nitrogens with zero attached hydrogens (tertiary/aromatic N) is 3. The van der Waals surface area contributed by atoms with Crippen molar-refractivity contribution in [2.45, 2.75) is 0 Å². The van der Waals surface area contributed by atoms with Gasteiger partial charge < -0.3 is 5.32 Å². The lowest BCUT2D eigenvalue weighted by molar-refractivity contribution is 1.17. The number of rotatable bonds is 2. The van der Waals surface area contributed by atoms with E-state index in [4.69, 9.17) is 23.2 Å². The summed E-state index contributed by atoms with van der Waals surface area (Å²) in [5.74, 6) is 0.562. The lowest BCUT2D eigenvalue weighted by Crippen LogP contribution is -1.97. The molecule has 0 atom stereocenters. The monoisotopic (exact) mass is 254 g/mol. The smallest absolute Gasteiger partial charge is 0.145 e. The van der Waals surface area contributed by atoms with Crippen LogP contribution in [0.25, 0.3) is 11.4 Å². The maximum Gasteiger partial charge on any atom is 0.145 e. The number of pyridine rings is 1. The van der Waals surface area contributed by atoms with Crippen LogP contribution in [-0.4, -0.2) is 22.0 Å². The minimum atomic E-state index is 0.449. The van der Waals surface area contributed by atoms with Gasteiger partial charge in [-0.15, -0.1) is 0 Å². The Bertz CT molecular complexity index is 502. The van der Waals surface area contributed by atoms with Crippen LogP contribution in [0.3, 0.4) is 0 Å². The van der Waals surface area contributed by atoms with E-state index in [9.17, 15) is 0 Å². The first kappa shape index (κ1) is 11.1. The van der Waals surface area contributed by atoms with Crippen molar-refractivity contribution in [2.24, 2.45) is 0 Å². The third-order valence-corrected chi connectivity index (χ3v) is 2.55. The number of halogens is 2. The molecule has 0 bridgehead atoms. The quantitative estimate of drug-likeness (QED) is 0.896. The summed E-state index contributed by atoms with van der Waals surface area (Å²) in [6.07, 6.45) is 4.77. The minimum absolute atomic E-state index is 0.449. The van der Waals surface area contributed by atoms with Crippen molar-refractivity contribution < 1.29 is 0 Å². The molecule has 82 valence electrons. The molecule has 0 saturated heterocycles. The molecular weight excluding hydrogens is 247 g/mol. The zero-order chi connectivity index (χ0) is 11.5. The second kappa shape index (κ2) is 4.63. The molecule has 0 aromatic carbocycles. The molecule has 2 heterocycles. The summed E-state index contributed by atoms with van der Waals surface area (Å²) in [5.41, 5.74) is 1.17. The third-order valence-electron chi connectivity index (χ3n) is 1.97. The van der Waals surface area contributed by atoms with Gasteiger partial charge in [-0.25, -0.2) is 4.98 Å². The Morgan fingerprint density at radius 3 is 2.62 bits per heavy atom. The van der Waals surface area contributed by atoms with Gasteiger partial charge in [-0.3, -0.25) is 9.97 Å². The summed E-state index contributed by atoms with van der Waals surface area (Å²) < 4.78 is 0. The van der Waals surface area contributed by atoms with E-state index in [1.807, 2.05) is 0 Å². The van der Waals surface area contributed by atoms with Crippen molar-refractivity contribution in [2.75, 3.05) is 12.4 Å². The maximum absolute atomic E-state index is 6.05. The number of anilines is 1. The van der Waals surface area contributed by atoms with Gasteiger partial charge in [-0.05, 0) is 6.07 Å². The zero-order valence-electron chi connectivity index (χ0n) is 8.41. The Morgan fingerprint density at radius 1 is 1.19 bits per heavy atom.